The first-order chi connectivity index (χ1) is 51.6. The third-order valence-electron chi connectivity index (χ3n) is 17.9. The highest BCUT2D eigenvalue weighted by atomic mass is 35.6. The summed E-state index contributed by atoms with van der Waals surface area (Å²) < 4.78 is 105. The molecule has 0 spiro atoms. The van der Waals surface area contributed by atoms with Crippen LogP contribution in [0.1, 0.15) is 50.1 Å². The summed E-state index contributed by atoms with van der Waals surface area (Å²) in [6, 6.07) is 86.3. The van der Waals surface area contributed by atoms with Gasteiger partial charge in [-0.25, -0.2) is 0 Å². The van der Waals surface area contributed by atoms with Gasteiger partial charge < -0.3 is 71.1 Å². The van der Waals surface area contributed by atoms with Gasteiger partial charge in [-0.2, -0.15) is 0 Å². The number of rotatable bonds is 36. The van der Waals surface area contributed by atoms with E-state index in [0.717, 1.165) is 50.1 Å². The zero-order valence-electron chi connectivity index (χ0n) is 57.7. The van der Waals surface area contributed by atoms with Gasteiger partial charge >= 0.3 is 0 Å². The number of nitrogens with zero attached hydrogens (tertiary/aromatic N) is 3. The molecule has 12 rings (SSSR count). The molecule has 548 valence electrons. The molecule has 1 N–H and O–H groups in total. The maximum atomic E-state index is 10.6. The minimum Gasteiger partial charge on any atom is -0.448 e. The van der Waals surface area contributed by atoms with E-state index in [1.165, 1.54) is 0 Å². The number of hydrogen-bond acceptors (Lipinski definition) is 17. The molecule has 3 aliphatic rings. The lowest BCUT2D eigenvalue weighted by Gasteiger charge is -2.51. The van der Waals surface area contributed by atoms with Crippen LogP contribution in [0.5, 0.6) is 0 Å². The summed E-state index contributed by atoms with van der Waals surface area (Å²) in [6.45, 7) is 0.696. The maximum Gasteiger partial charge on any atom is 0.265 e. The number of ether oxygens (including phenoxy) is 15. The van der Waals surface area contributed by atoms with Crippen LogP contribution in [-0.2, 0) is 131 Å². The number of benzene rings is 9. The molecule has 0 amide bonds. The molecule has 105 heavy (non-hydrogen) atoms. The summed E-state index contributed by atoms with van der Waals surface area (Å²) in [5, 5.41) is 13.1. The Morgan fingerprint density at radius 1 is 0.324 bits per heavy atom. The molecule has 0 bridgehead atoms. The molecule has 0 aromatic heterocycles. The van der Waals surface area contributed by atoms with Gasteiger partial charge in [-0.05, 0) is 55.6 Å². The van der Waals surface area contributed by atoms with Crippen molar-refractivity contribution >= 4 is 40.7 Å². The predicted molar refractivity (Wildman–Crippen MR) is 396 cm³/mol. The molecule has 9 aromatic carbocycles. The summed E-state index contributed by atoms with van der Waals surface area (Å²) in [4.78, 5) is 3.29. The molecule has 15 atom stereocenters. The Hall–Kier alpha value is -7.93. The Kier molecular flexibility index (Phi) is 29.3. The van der Waals surface area contributed by atoms with E-state index in [4.69, 9.17) is 111 Å². The Balaban J connectivity index is 1.01. The fraction of sp³-hybridized carbons (Fsp3) is 0.337. The minimum absolute atomic E-state index is 0.0140. The topological polar surface area (TPSA) is 211 Å². The number of nitrogens with one attached hydrogen (secondary N) is 1. The lowest BCUT2D eigenvalue weighted by molar-refractivity contribution is -0.390. The summed E-state index contributed by atoms with van der Waals surface area (Å²) in [5.74, 6) is -0.812. The van der Waals surface area contributed by atoms with E-state index in [0.29, 0.717) is 0 Å². The van der Waals surface area contributed by atoms with Crippen molar-refractivity contribution in [3.8, 4) is 0 Å². The molecule has 0 saturated carbocycles. The first kappa shape index (κ1) is 76.7. The summed E-state index contributed by atoms with van der Waals surface area (Å²) in [7, 11) is 0. The quantitative estimate of drug-likeness (QED) is 0.00966. The van der Waals surface area contributed by atoms with Gasteiger partial charge in [0, 0.05) is 4.91 Å². The van der Waals surface area contributed by atoms with Gasteiger partial charge in [-0.15, -0.1) is 0 Å². The second-order valence-electron chi connectivity index (χ2n) is 25.5. The van der Waals surface area contributed by atoms with Crippen LogP contribution >= 0.6 is 34.8 Å². The van der Waals surface area contributed by atoms with Crippen LogP contribution in [0.4, 0.5) is 0 Å². The fourth-order valence-corrected chi connectivity index (χ4v) is 12.8. The first-order valence-electron chi connectivity index (χ1n) is 35.0. The average Bonchev–Trinajstić information content (AvgIpc) is 0.768. The van der Waals surface area contributed by atoms with E-state index in [1.807, 2.05) is 273 Å². The average molecular weight is 1480 g/mol. The Bertz CT molecular complexity index is 4010. The Morgan fingerprint density at radius 3 is 0.886 bits per heavy atom. The monoisotopic (exact) mass is 1480 g/mol. The second kappa shape index (κ2) is 40.1. The van der Waals surface area contributed by atoms with Gasteiger partial charge in [0.2, 0.25) is 12.2 Å². The number of halogens is 3. The van der Waals surface area contributed by atoms with Crippen LogP contribution in [0.15, 0.2) is 278 Å². The van der Waals surface area contributed by atoms with Gasteiger partial charge in [0.1, 0.15) is 73.2 Å². The van der Waals surface area contributed by atoms with Gasteiger partial charge in [-0.1, -0.05) is 313 Å². The number of alkyl halides is 3. The third kappa shape index (κ3) is 22.8. The highest BCUT2D eigenvalue weighted by Crippen LogP contribution is 2.41. The maximum absolute atomic E-state index is 10.6. The largest absolute Gasteiger partial charge is 0.448 e. The van der Waals surface area contributed by atoms with Crippen LogP contribution in [0.2, 0.25) is 0 Å². The van der Waals surface area contributed by atoms with E-state index in [2.05, 4.69) is 10.0 Å². The van der Waals surface area contributed by atoms with E-state index < -0.39 is 102 Å². The standard InChI is InChI=1S/C83H85Cl3N4O15/c84-83(85,86)82(87)105-79-70(89-90-88)74(96-51-63-38-20-6-21-39-63)73(69(100-79)57-93-48-60-32-14-3-15-33-60)103-81-78(99-54-66-44-26-9-27-45-66)76(72(95-50-62-36-18-5-19-37-62)68(102-81)56-92-47-59-30-12-2-13-31-59)104-80-77(98-53-65-42-24-8-25-43-65)75(97-52-64-40-22-7-23-41-64)71(94-49-61-34-16-4-17-35-61)67(101-80)55-91-46-58-28-10-1-11-29-58/h1-45,67-81,87H,46-57H2/t67-,68-,69-,70-,71+,72+,73-,74-,75+,76+,77-,78-,79-,80-,81+/m1/s1. The van der Waals surface area contributed by atoms with Gasteiger partial charge in [0.05, 0.1) is 79.3 Å². The third-order valence-corrected chi connectivity index (χ3v) is 18.5. The predicted octanol–water partition coefficient (Wildman–Crippen LogP) is 16.1. The molecule has 3 aliphatic heterocycles. The van der Waals surface area contributed by atoms with E-state index in [9.17, 15) is 5.53 Å². The van der Waals surface area contributed by atoms with E-state index in [1.54, 1.807) is 0 Å². The highest BCUT2D eigenvalue weighted by molar-refractivity contribution is 6.76. The molecule has 3 heterocycles. The lowest BCUT2D eigenvalue weighted by atomic mass is 9.94. The summed E-state index contributed by atoms with van der Waals surface area (Å²) in [5.41, 5.74) is 18.4. The zero-order chi connectivity index (χ0) is 72.3. The van der Waals surface area contributed by atoms with Crippen molar-refractivity contribution in [2.24, 2.45) is 5.11 Å². The van der Waals surface area contributed by atoms with Crippen LogP contribution in [-0.4, -0.2) is 122 Å². The van der Waals surface area contributed by atoms with Crippen molar-refractivity contribution in [1.29, 1.82) is 5.41 Å². The van der Waals surface area contributed by atoms with Crippen LogP contribution in [0, 0.1) is 5.41 Å². The Morgan fingerprint density at radius 2 is 0.571 bits per heavy atom. The molecule has 3 saturated heterocycles. The molecule has 19 nitrogen and oxygen atoms in total. The van der Waals surface area contributed by atoms with Crippen molar-refractivity contribution in [2.75, 3.05) is 19.8 Å². The van der Waals surface area contributed by atoms with Crippen molar-refractivity contribution in [3.05, 3.63) is 334 Å². The molecule has 0 aliphatic carbocycles. The van der Waals surface area contributed by atoms with Crippen molar-refractivity contribution in [1.82, 2.24) is 0 Å². The first-order valence-corrected chi connectivity index (χ1v) is 36.1. The van der Waals surface area contributed by atoms with Crippen LogP contribution in [0.3, 0.4) is 0 Å². The SMILES string of the molecule is [N-]=[N+]=N[C@H]1[C@@H](OC(=N)C(Cl)(Cl)Cl)O[C@H](COCc2ccccc2)[C@@H](O[C@@H]2O[C@H](COCc3ccccc3)[C@H](OCc3ccccc3)[C@H](O[C@H]3O[C@H](COCc4ccccc4)[C@H](OCc4ccccc4)[C@H](OCc4ccccc4)[C@H]3OCc3ccccc3)[C@H]2OCc2ccccc2)[C@@H]1OCc1ccccc1. The molecule has 9 aromatic rings. The summed E-state index contributed by atoms with van der Waals surface area (Å²) in [6.07, 6.45) is -16.7. The van der Waals surface area contributed by atoms with Crippen LogP contribution < -0.4 is 0 Å². The molecule has 3 fully saturated rings. The minimum atomic E-state index is -2.37. The van der Waals surface area contributed by atoms with Gasteiger partial charge in [0.15, 0.2) is 12.6 Å². The Labute approximate surface area is 627 Å². The molecular formula is C83H85Cl3N4O15. The smallest absolute Gasteiger partial charge is 0.265 e. The normalized spacial score (nSPS) is 24.7. The van der Waals surface area contributed by atoms with Crippen molar-refractivity contribution in [3.63, 3.8) is 0 Å². The summed E-state index contributed by atoms with van der Waals surface area (Å²) >= 11 is 19.0. The van der Waals surface area contributed by atoms with Crippen molar-refractivity contribution < 1.29 is 71.1 Å². The molecule has 0 unspecified atom stereocenters. The van der Waals surface area contributed by atoms with Gasteiger partial charge in [0.25, 0.3) is 3.79 Å². The second-order valence-corrected chi connectivity index (χ2v) is 27.8. The lowest BCUT2D eigenvalue weighted by Crippen LogP contribution is -2.68. The van der Waals surface area contributed by atoms with E-state index >= 15 is 0 Å². The van der Waals surface area contributed by atoms with Gasteiger partial charge in [-0.3, -0.25) is 5.41 Å². The zero-order valence-corrected chi connectivity index (χ0v) is 60.0. The molecule has 22 heteroatoms. The number of hydrogen-bond donors (Lipinski definition) is 1. The van der Waals surface area contributed by atoms with E-state index in [-0.39, 0.29) is 79.3 Å². The molecular weight excluding hydrogens is 1400 g/mol. The van der Waals surface area contributed by atoms with Crippen LogP contribution in [0.25, 0.3) is 10.4 Å². The number of azide groups is 1. The molecule has 0 radical (unpaired) electrons. The van der Waals surface area contributed by atoms with Crippen molar-refractivity contribution in [2.45, 2.75) is 155 Å². The highest BCUT2D eigenvalue weighted by Gasteiger charge is 2.58. The fourth-order valence-electron chi connectivity index (χ4n) is 12.7.